The molecule has 4 unspecified atom stereocenters. The van der Waals surface area contributed by atoms with Crippen LogP contribution < -0.4 is 5.32 Å². The van der Waals surface area contributed by atoms with Crippen molar-refractivity contribution in [2.24, 2.45) is 11.8 Å². The summed E-state index contributed by atoms with van der Waals surface area (Å²) in [6.07, 6.45) is 2.66. The number of benzene rings is 2. The Kier molecular flexibility index (Phi) is 3.65. The maximum absolute atomic E-state index is 12.9. The molecule has 4 atom stereocenters. The van der Waals surface area contributed by atoms with Crippen molar-refractivity contribution < 1.29 is 9.90 Å². The van der Waals surface area contributed by atoms with Crippen LogP contribution in [0.15, 0.2) is 42.5 Å². The summed E-state index contributed by atoms with van der Waals surface area (Å²) >= 11 is 0. The molecule has 2 aliphatic rings. The number of carbonyl (C=O) groups is 1. The maximum Gasteiger partial charge on any atom is 0.230 e. The largest absolute Gasteiger partial charge is 0.393 e. The van der Waals surface area contributed by atoms with Crippen LogP contribution >= 0.6 is 0 Å². The van der Waals surface area contributed by atoms with E-state index in [-0.39, 0.29) is 18.1 Å². The molecule has 3 nitrogen and oxygen atoms in total. The zero-order valence-electron chi connectivity index (χ0n) is 14.3. The van der Waals surface area contributed by atoms with Gasteiger partial charge in [-0.2, -0.15) is 0 Å². The number of nitrogens with one attached hydrogen (secondary N) is 1. The van der Waals surface area contributed by atoms with Gasteiger partial charge in [-0.1, -0.05) is 42.5 Å². The van der Waals surface area contributed by atoms with Crippen LogP contribution in [-0.2, 0) is 10.2 Å². The zero-order chi connectivity index (χ0) is 16.9. The van der Waals surface area contributed by atoms with Crippen molar-refractivity contribution in [3.05, 3.63) is 48.0 Å². The summed E-state index contributed by atoms with van der Waals surface area (Å²) in [5.74, 6) is 0.912. The van der Waals surface area contributed by atoms with Crippen LogP contribution in [0.4, 0.5) is 0 Å². The van der Waals surface area contributed by atoms with Crippen molar-refractivity contribution in [3.8, 4) is 0 Å². The van der Waals surface area contributed by atoms with Gasteiger partial charge in [0, 0.05) is 6.04 Å². The number of aliphatic hydroxyl groups excluding tert-OH is 1. The fourth-order valence-corrected chi connectivity index (χ4v) is 4.48. The molecule has 2 aliphatic carbocycles. The van der Waals surface area contributed by atoms with Gasteiger partial charge < -0.3 is 10.4 Å². The van der Waals surface area contributed by atoms with Crippen LogP contribution in [0.1, 0.15) is 38.7 Å². The second-order valence-electron chi connectivity index (χ2n) is 8.06. The maximum atomic E-state index is 12.9. The van der Waals surface area contributed by atoms with E-state index in [4.69, 9.17) is 0 Å². The van der Waals surface area contributed by atoms with E-state index in [1.54, 1.807) is 0 Å². The van der Waals surface area contributed by atoms with E-state index in [0.717, 1.165) is 24.8 Å². The number of amides is 1. The number of carbonyl (C=O) groups excluding carboxylic acids is 1. The molecule has 3 heteroatoms. The molecule has 2 saturated carbocycles. The molecule has 2 N–H and O–H groups in total. The summed E-state index contributed by atoms with van der Waals surface area (Å²) in [5, 5.41) is 15.5. The van der Waals surface area contributed by atoms with Crippen LogP contribution in [-0.4, -0.2) is 23.2 Å². The Labute approximate surface area is 143 Å². The number of aliphatic hydroxyl groups is 1. The second-order valence-corrected chi connectivity index (χ2v) is 8.06. The standard InChI is InChI=1S/C21H25NO2/c1-21(2,17-8-7-13-5-3-4-6-14(13)10-17)20(24)22-18-11-16-9-15(18)12-19(16)23/h3-8,10,15-16,18-19,23H,9,11-12H2,1-2H3,(H,22,24). The van der Waals surface area contributed by atoms with Crippen molar-refractivity contribution >= 4 is 16.7 Å². The van der Waals surface area contributed by atoms with Gasteiger partial charge in [0.1, 0.15) is 0 Å². The van der Waals surface area contributed by atoms with Gasteiger partial charge in [0.25, 0.3) is 0 Å². The zero-order valence-corrected chi connectivity index (χ0v) is 14.3. The fraction of sp³-hybridized carbons (Fsp3) is 0.476. The van der Waals surface area contributed by atoms with Crippen LogP contribution in [0, 0.1) is 11.8 Å². The van der Waals surface area contributed by atoms with E-state index in [9.17, 15) is 9.90 Å². The van der Waals surface area contributed by atoms with E-state index in [1.807, 2.05) is 26.0 Å². The number of hydrogen-bond donors (Lipinski definition) is 2. The monoisotopic (exact) mass is 323 g/mol. The van der Waals surface area contributed by atoms with E-state index in [2.05, 4.69) is 35.6 Å². The summed E-state index contributed by atoms with van der Waals surface area (Å²) in [6.45, 7) is 3.99. The average molecular weight is 323 g/mol. The van der Waals surface area contributed by atoms with Crippen LogP contribution in [0.3, 0.4) is 0 Å². The van der Waals surface area contributed by atoms with Gasteiger partial charge in [-0.15, -0.1) is 0 Å². The quantitative estimate of drug-likeness (QED) is 0.909. The molecule has 2 fully saturated rings. The second kappa shape index (κ2) is 5.59. The van der Waals surface area contributed by atoms with Crippen molar-refractivity contribution in [2.45, 2.75) is 50.7 Å². The molecule has 0 aromatic heterocycles. The lowest BCUT2D eigenvalue weighted by Gasteiger charge is -2.31. The first-order chi connectivity index (χ1) is 11.4. The van der Waals surface area contributed by atoms with Crippen molar-refractivity contribution in [1.82, 2.24) is 5.32 Å². The highest BCUT2D eigenvalue weighted by Gasteiger charge is 2.46. The Balaban J connectivity index is 1.53. The highest BCUT2D eigenvalue weighted by atomic mass is 16.3. The summed E-state index contributed by atoms with van der Waals surface area (Å²) < 4.78 is 0. The van der Waals surface area contributed by atoms with E-state index >= 15 is 0 Å². The van der Waals surface area contributed by atoms with Gasteiger partial charge in [-0.25, -0.2) is 0 Å². The Morgan fingerprint density at radius 2 is 1.79 bits per heavy atom. The first-order valence-electron chi connectivity index (χ1n) is 8.93. The molecule has 24 heavy (non-hydrogen) atoms. The third kappa shape index (κ3) is 2.51. The minimum absolute atomic E-state index is 0.0878. The molecule has 2 bridgehead atoms. The minimum atomic E-state index is -0.565. The predicted octanol–water partition coefficient (Wildman–Crippen LogP) is 3.39. The third-order valence-corrected chi connectivity index (χ3v) is 6.17. The average Bonchev–Trinajstić information content (AvgIpc) is 3.13. The lowest BCUT2D eigenvalue weighted by atomic mass is 9.82. The molecule has 4 rings (SSSR count). The van der Waals surface area contributed by atoms with Crippen LogP contribution in [0.5, 0.6) is 0 Å². The molecule has 2 aromatic carbocycles. The van der Waals surface area contributed by atoms with Gasteiger partial charge in [0.15, 0.2) is 0 Å². The molecule has 0 aliphatic heterocycles. The number of hydrogen-bond acceptors (Lipinski definition) is 2. The molecular weight excluding hydrogens is 298 g/mol. The van der Waals surface area contributed by atoms with E-state index in [0.29, 0.717) is 11.8 Å². The van der Waals surface area contributed by atoms with Crippen molar-refractivity contribution in [3.63, 3.8) is 0 Å². The number of fused-ring (bicyclic) bond motifs is 3. The lowest BCUT2D eigenvalue weighted by molar-refractivity contribution is -0.126. The van der Waals surface area contributed by atoms with Gasteiger partial charge in [0.05, 0.1) is 11.5 Å². The Morgan fingerprint density at radius 1 is 1.04 bits per heavy atom. The first-order valence-corrected chi connectivity index (χ1v) is 8.93. The minimum Gasteiger partial charge on any atom is -0.393 e. The van der Waals surface area contributed by atoms with Crippen LogP contribution in [0.2, 0.25) is 0 Å². The third-order valence-electron chi connectivity index (χ3n) is 6.17. The summed E-state index contributed by atoms with van der Waals surface area (Å²) in [7, 11) is 0. The normalized spacial score (nSPS) is 29.1. The predicted molar refractivity (Wildman–Crippen MR) is 95.7 cm³/mol. The lowest BCUT2D eigenvalue weighted by Crippen LogP contribution is -2.47. The molecule has 0 heterocycles. The molecule has 0 spiro atoms. The molecule has 0 radical (unpaired) electrons. The van der Waals surface area contributed by atoms with Crippen LogP contribution in [0.25, 0.3) is 10.8 Å². The SMILES string of the molecule is CC(C)(C(=O)NC1CC2CC1CC2O)c1ccc2ccccc2c1. The molecular formula is C21H25NO2. The summed E-state index contributed by atoms with van der Waals surface area (Å²) in [5.41, 5.74) is 0.478. The Bertz CT molecular complexity index is 780. The molecule has 126 valence electrons. The highest BCUT2D eigenvalue weighted by molar-refractivity contribution is 5.90. The Hall–Kier alpha value is -1.87. The summed E-state index contributed by atoms with van der Waals surface area (Å²) in [6, 6.07) is 14.7. The molecule has 2 aromatic rings. The van der Waals surface area contributed by atoms with Gasteiger partial charge in [0.2, 0.25) is 5.91 Å². The van der Waals surface area contributed by atoms with Crippen molar-refractivity contribution in [2.75, 3.05) is 0 Å². The molecule has 0 saturated heterocycles. The van der Waals surface area contributed by atoms with Crippen molar-refractivity contribution in [1.29, 1.82) is 0 Å². The van der Waals surface area contributed by atoms with Gasteiger partial charge in [-0.3, -0.25) is 4.79 Å². The van der Waals surface area contributed by atoms with E-state index in [1.165, 1.54) is 10.8 Å². The fourth-order valence-electron chi connectivity index (χ4n) is 4.48. The number of rotatable bonds is 3. The smallest absolute Gasteiger partial charge is 0.230 e. The summed E-state index contributed by atoms with van der Waals surface area (Å²) in [4.78, 5) is 12.9. The van der Waals surface area contributed by atoms with Gasteiger partial charge >= 0.3 is 0 Å². The Morgan fingerprint density at radius 3 is 2.46 bits per heavy atom. The van der Waals surface area contributed by atoms with E-state index < -0.39 is 5.41 Å². The molecule has 1 amide bonds. The topological polar surface area (TPSA) is 49.3 Å². The first kappa shape index (κ1) is 15.6. The highest BCUT2D eigenvalue weighted by Crippen LogP contribution is 2.45. The van der Waals surface area contributed by atoms with Gasteiger partial charge in [-0.05, 0) is 61.3 Å².